The molecule has 1 N–H and O–H groups in total. The number of carbonyl (C=O) groups is 2. The van der Waals surface area contributed by atoms with Crippen molar-refractivity contribution >= 4 is 39.1 Å². The molecule has 0 atom stereocenters. The number of benzene rings is 1. The Balaban J connectivity index is 1.41. The largest absolute Gasteiger partial charge is 0.495 e. The summed E-state index contributed by atoms with van der Waals surface area (Å²) in [6, 6.07) is 14.2. The van der Waals surface area contributed by atoms with Gasteiger partial charge >= 0.3 is 0 Å². The molecule has 4 heterocycles. The minimum absolute atomic E-state index is 0.00140. The van der Waals surface area contributed by atoms with Gasteiger partial charge in [-0.3, -0.25) is 14.6 Å². The maximum Gasteiger partial charge on any atom is 0.264 e. The van der Waals surface area contributed by atoms with Crippen molar-refractivity contribution in [3.05, 3.63) is 71.5 Å². The first kappa shape index (κ1) is 26.6. The molecule has 1 aromatic carbocycles. The van der Waals surface area contributed by atoms with Gasteiger partial charge in [0, 0.05) is 61.8 Å². The van der Waals surface area contributed by atoms with E-state index < -0.39 is 0 Å². The van der Waals surface area contributed by atoms with Crippen LogP contribution in [0.15, 0.2) is 61.1 Å². The zero-order valence-electron chi connectivity index (χ0n) is 22.5. The van der Waals surface area contributed by atoms with Gasteiger partial charge in [0.1, 0.15) is 11.6 Å². The van der Waals surface area contributed by atoms with E-state index in [1.165, 1.54) is 11.3 Å². The number of carbonyl (C=O) groups excluding carboxylic acids is 2. The molecule has 1 aliphatic heterocycles. The molecule has 0 aliphatic carbocycles. The molecule has 1 aliphatic rings. The molecule has 8 nitrogen and oxygen atoms in total. The lowest BCUT2D eigenvalue weighted by Gasteiger charge is -2.39. The molecule has 5 rings (SSSR count). The van der Waals surface area contributed by atoms with Crippen LogP contribution in [0.3, 0.4) is 0 Å². The van der Waals surface area contributed by atoms with Crippen molar-refractivity contribution in [3.8, 4) is 16.9 Å². The molecule has 0 radical (unpaired) electrons. The molecule has 4 aromatic rings. The maximum absolute atomic E-state index is 14.1. The third-order valence-electron chi connectivity index (χ3n) is 7.41. The van der Waals surface area contributed by atoms with Crippen molar-refractivity contribution in [2.45, 2.75) is 32.2 Å². The number of thiophene rings is 1. The Morgan fingerprint density at radius 2 is 1.95 bits per heavy atom. The van der Waals surface area contributed by atoms with E-state index in [4.69, 9.17) is 4.74 Å². The lowest BCUT2D eigenvalue weighted by atomic mass is 10.0. The summed E-state index contributed by atoms with van der Waals surface area (Å²) in [5.74, 6) is 1.59. The molecule has 0 bridgehead atoms. The Morgan fingerprint density at radius 1 is 1.13 bits per heavy atom. The summed E-state index contributed by atoms with van der Waals surface area (Å²) in [6.07, 6.45) is 7.23. The zero-order chi connectivity index (χ0) is 27.4. The highest BCUT2D eigenvalue weighted by Crippen LogP contribution is 2.36. The Kier molecular flexibility index (Phi) is 8.07. The Bertz CT molecular complexity index is 1460. The van der Waals surface area contributed by atoms with Crippen LogP contribution in [-0.4, -0.2) is 66.5 Å². The Morgan fingerprint density at radius 3 is 2.67 bits per heavy atom. The summed E-state index contributed by atoms with van der Waals surface area (Å²) >= 11 is 1.52. The van der Waals surface area contributed by atoms with E-state index in [0.29, 0.717) is 12.3 Å². The maximum atomic E-state index is 14.1. The van der Waals surface area contributed by atoms with E-state index >= 15 is 0 Å². The Hall–Kier alpha value is -3.98. The van der Waals surface area contributed by atoms with Crippen molar-refractivity contribution in [3.63, 3.8) is 0 Å². The minimum atomic E-state index is -0.0664. The quantitative estimate of drug-likeness (QED) is 0.339. The van der Waals surface area contributed by atoms with Crippen molar-refractivity contribution in [2.24, 2.45) is 0 Å². The van der Waals surface area contributed by atoms with Gasteiger partial charge in [0.05, 0.1) is 18.2 Å². The fourth-order valence-electron chi connectivity index (χ4n) is 5.17. The van der Waals surface area contributed by atoms with Crippen LogP contribution in [0.25, 0.3) is 21.2 Å². The van der Waals surface area contributed by atoms with Gasteiger partial charge < -0.3 is 19.9 Å². The van der Waals surface area contributed by atoms with Gasteiger partial charge in [-0.05, 0) is 66.6 Å². The van der Waals surface area contributed by atoms with E-state index in [2.05, 4.69) is 38.4 Å². The first-order valence-electron chi connectivity index (χ1n) is 13.2. The van der Waals surface area contributed by atoms with Crippen LogP contribution in [0.2, 0.25) is 0 Å². The second-order valence-corrected chi connectivity index (χ2v) is 10.8. The number of nitrogens with one attached hydrogen (secondary N) is 1. The highest BCUT2D eigenvalue weighted by molar-refractivity contribution is 7.21. The van der Waals surface area contributed by atoms with Crippen LogP contribution >= 0.6 is 11.3 Å². The van der Waals surface area contributed by atoms with E-state index in [1.807, 2.05) is 42.3 Å². The smallest absolute Gasteiger partial charge is 0.264 e. The van der Waals surface area contributed by atoms with Crippen molar-refractivity contribution in [1.82, 2.24) is 20.2 Å². The van der Waals surface area contributed by atoms with Gasteiger partial charge in [-0.25, -0.2) is 4.98 Å². The number of rotatable bonds is 8. The molecule has 39 heavy (non-hydrogen) atoms. The number of amides is 2. The van der Waals surface area contributed by atoms with Crippen molar-refractivity contribution in [1.29, 1.82) is 0 Å². The molecule has 202 valence electrons. The number of aromatic nitrogens is 2. The lowest BCUT2D eigenvalue weighted by molar-refractivity contribution is -0.120. The molecule has 0 spiro atoms. The second-order valence-electron chi connectivity index (χ2n) is 9.71. The van der Waals surface area contributed by atoms with Crippen molar-refractivity contribution < 1.29 is 14.3 Å². The first-order chi connectivity index (χ1) is 19.0. The highest BCUT2D eigenvalue weighted by Gasteiger charge is 2.31. The minimum Gasteiger partial charge on any atom is -0.495 e. The first-order valence-corrected chi connectivity index (χ1v) is 14.0. The van der Waals surface area contributed by atoms with Gasteiger partial charge in [0.2, 0.25) is 5.91 Å². The molecule has 2 amide bonds. The highest BCUT2D eigenvalue weighted by atomic mass is 32.1. The number of pyridine rings is 2. The molecule has 0 unspecified atom stereocenters. The number of fused-ring (bicyclic) bond motifs is 1. The van der Waals surface area contributed by atoms with Crippen LogP contribution in [0, 0.1) is 6.92 Å². The van der Waals surface area contributed by atoms with E-state index in [1.54, 1.807) is 26.6 Å². The number of anilines is 1. The number of methoxy groups -OCH3 is 1. The fraction of sp³-hybridized carbons (Fsp3) is 0.333. The molecule has 1 fully saturated rings. The van der Waals surface area contributed by atoms with Crippen molar-refractivity contribution in [2.75, 3.05) is 38.7 Å². The molecule has 0 saturated carbocycles. The average molecular weight is 544 g/mol. The lowest BCUT2D eigenvalue weighted by Crippen LogP contribution is -2.48. The topological polar surface area (TPSA) is 87.7 Å². The Labute approximate surface area is 232 Å². The SMILES string of the molecule is CNC(=O)CCN(C(=O)c1sc2ccc(-c3cncc(OC)c3)cc2c1C)C1CCN(c2ccccn2)CC1. The third-order valence-corrected chi connectivity index (χ3v) is 8.67. The van der Waals surface area contributed by atoms with Crippen LogP contribution in [0.1, 0.15) is 34.5 Å². The predicted octanol–water partition coefficient (Wildman–Crippen LogP) is 4.92. The monoisotopic (exact) mass is 543 g/mol. The van der Waals surface area contributed by atoms with Gasteiger partial charge in [-0.15, -0.1) is 11.3 Å². The predicted molar refractivity (Wildman–Crippen MR) is 156 cm³/mol. The van der Waals surface area contributed by atoms with Crippen LogP contribution in [0.4, 0.5) is 5.82 Å². The van der Waals surface area contributed by atoms with Gasteiger partial charge in [0.15, 0.2) is 0 Å². The van der Waals surface area contributed by atoms with Gasteiger partial charge in [-0.1, -0.05) is 12.1 Å². The number of nitrogens with zero attached hydrogens (tertiary/aromatic N) is 4. The molecule has 1 saturated heterocycles. The summed E-state index contributed by atoms with van der Waals surface area (Å²) in [6.45, 7) is 4.03. The number of aryl methyl sites for hydroxylation is 1. The fourth-order valence-corrected chi connectivity index (χ4v) is 6.31. The summed E-state index contributed by atoms with van der Waals surface area (Å²) < 4.78 is 6.40. The molecule has 3 aromatic heterocycles. The van der Waals surface area contributed by atoms with E-state index in [0.717, 1.165) is 63.4 Å². The number of hydrogen-bond donors (Lipinski definition) is 1. The van der Waals surface area contributed by atoms with Crippen LogP contribution in [0.5, 0.6) is 5.75 Å². The molecular formula is C30H33N5O3S. The standard InChI is InChI=1S/C30H33N5O3S/c1-20-25-17-21(22-16-24(38-3)19-32-18-22)7-8-26(25)39-29(20)30(37)35(15-11-28(36)31-2)23-9-13-34(14-10-23)27-6-4-5-12-33-27/h4-8,12,16-19,23H,9-11,13-15H2,1-3H3,(H,31,36). The third kappa shape index (κ3) is 5.73. The second kappa shape index (κ2) is 11.8. The van der Waals surface area contributed by atoms with Gasteiger partial charge in [0.25, 0.3) is 5.91 Å². The number of piperidine rings is 1. The average Bonchev–Trinajstić information content (AvgIpc) is 3.33. The molecule has 9 heteroatoms. The van der Waals surface area contributed by atoms with Gasteiger partial charge in [-0.2, -0.15) is 0 Å². The zero-order valence-corrected chi connectivity index (χ0v) is 23.3. The summed E-state index contributed by atoms with van der Waals surface area (Å²) in [7, 11) is 3.26. The van der Waals surface area contributed by atoms with E-state index in [9.17, 15) is 9.59 Å². The number of ether oxygens (including phenoxy) is 1. The molecular weight excluding hydrogens is 510 g/mol. The summed E-state index contributed by atoms with van der Waals surface area (Å²) in [5.41, 5.74) is 2.95. The van der Waals surface area contributed by atoms with E-state index in [-0.39, 0.29) is 24.3 Å². The number of hydrogen-bond acceptors (Lipinski definition) is 7. The van der Waals surface area contributed by atoms with Crippen LogP contribution < -0.4 is 15.0 Å². The summed E-state index contributed by atoms with van der Waals surface area (Å²) in [5, 5.41) is 3.74. The van der Waals surface area contributed by atoms with Crippen LogP contribution in [-0.2, 0) is 4.79 Å². The normalized spacial score (nSPS) is 13.9. The summed E-state index contributed by atoms with van der Waals surface area (Å²) in [4.78, 5) is 39.9.